The molecule has 3 aromatic heterocycles. The zero-order valence-corrected chi connectivity index (χ0v) is 61.6. The number of unbranched alkanes of at least 4 members (excludes halogenated alkanes) is 27. The van der Waals surface area contributed by atoms with Gasteiger partial charge in [-0.05, 0) is 156 Å². The summed E-state index contributed by atoms with van der Waals surface area (Å²) in [5, 5.41) is 29.9. The first-order chi connectivity index (χ1) is 51.0. The Morgan fingerprint density at radius 3 is 0.856 bits per heavy atom. The summed E-state index contributed by atoms with van der Waals surface area (Å²) in [6.07, 6.45) is 45.1. The van der Waals surface area contributed by atoms with Crippen LogP contribution in [-0.2, 0) is 6.61 Å². The number of nitrogens with one attached hydrogen (secondary N) is 2. The summed E-state index contributed by atoms with van der Waals surface area (Å²) in [5.74, 6) is -0.405. The molecule has 10 rings (SSSR count). The lowest BCUT2D eigenvalue weighted by atomic mass is 10.0. The highest BCUT2D eigenvalue weighted by Gasteiger charge is 2.22. The van der Waals surface area contributed by atoms with Crippen LogP contribution in [0.15, 0.2) is 133 Å². The lowest BCUT2D eigenvalue weighted by Crippen LogP contribution is -2.08. The first kappa shape index (κ1) is 76.9. The third-order valence-corrected chi connectivity index (χ3v) is 19.9. The molecule has 5 N–H and O–H groups in total. The quantitative estimate of drug-likeness (QED) is 0.0226. The van der Waals surface area contributed by atoms with Crippen molar-refractivity contribution in [2.75, 3.05) is 19.8 Å². The van der Waals surface area contributed by atoms with Gasteiger partial charge in [-0.3, -0.25) is 0 Å². The van der Waals surface area contributed by atoms with Crippen LogP contribution in [0.25, 0.3) is 90.9 Å². The van der Waals surface area contributed by atoms with Crippen molar-refractivity contribution < 1.29 is 48.7 Å². The number of benzene rings is 5. The van der Waals surface area contributed by atoms with Crippen LogP contribution in [0.3, 0.4) is 0 Å². The van der Waals surface area contributed by atoms with Gasteiger partial charge in [0.25, 0.3) is 0 Å². The van der Waals surface area contributed by atoms with Crippen molar-refractivity contribution in [3.8, 4) is 67.5 Å². The fourth-order valence-electron chi connectivity index (χ4n) is 14.0. The molecule has 0 spiro atoms. The molecule has 0 aliphatic carbocycles. The van der Waals surface area contributed by atoms with Crippen LogP contribution in [-0.4, -0.2) is 73.0 Å². The van der Waals surface area contributed by atoms with E-state index in [-0.39, 0.29) is 23.3 Å². The van der Waals surface area contributed by atoms with Gasteiger partial charge in [-0.2, -0.15) is 0 Å². The topological polar surface area (TPSA) is 206 Å². The molecular formula is C90H108N4O10. The third kappa shape index (κ3) is 22.2. The van der Waals surface area contributed by atoms with Crippen molar-refractivity contribution in [3.05, 3.63) is 178 Å². The number of carboxylic acid groups (broad SMARTS) is 3. The predicted octanol–water partition coefficient (Wildman–Crippen LogP) is 24.9. The van der Waals surface area contributed by atoms with Crippen LogP contribution in [0.5, 0.6) is 23.0 Å². The Morgan fingerprint density at radius 1 is 0.317 bits per heavy atom. The van der Waals surface area contributed by atoms with Crippen molar-refractivity contribution in [3.63, 3.8) is 0 Å². The zero-order chi connectivity index (χ0) is 72.7. The Balaban J connectivity index is 0.996. The average molecular weight is 1410 g/mol. The number of ether oxygens (including phenoxy) is 4. The van der Waals surface area contributed by atoms with Gasteiger partial charge in [0, 0.05) is 44.3 Å². The lowest BCUT2D eigenvalue weighted by Gasteiger charge is -2.19. The molecule has 0 atom stereocenters. The van der Waals surface area contributed by atoms with Gasteiger partial charge >= 0.3 is 17.9 Å². The maximum atomic E-state index is 12.2. The number of nitrogens with zero attached hydrogens (tertiary/aromatic N) is 2. The van der Waals surface area contributed by atoms with Crippen LogP contribution in [0, 0.1) is 0 Å². The summed E-state index contributed by atoms with van der Waals surface area (Å²) in [7, 11) is 0. The molecule has 14 heteroatoms. The van der Waals surface area contributed by atoms with Gasteiger partial charge in [0.05, 0.1) is 59.3 Å². The Morgan fingerprint density at radius 2 is 0.577 bits per heavy atom. The first-order valence-corrected chi connectivity index (χ1v) is 39.0. The SMILES string of the molecule is CCCCCCCCCCCCOc1cc(COc2ccc(-c3c4nc(c(-c5ccc(C(=O)O)cc5)c5ccc([nH]5)c(-c5ccc(C(=O)O)cc5)c5nc(c(-c6ccc(C(=O)O)cc6)c6ccc3[nH]6)C=C5)C=C4)cc2)cc(OCCCCCCCCCCCC)c1OCCCCCCCCCCCC. The summed E-state index contributed by atoms with van der Waals surface area (Å²) in [4.78, 5) is 54.8. The van der Waals surface area contributed by atoms with Gasteiger partial charge in [-0.15, -0.1) is 0 Å². The van der Waals surface area contributed by atoms with E-state index in [2.05, 4.69) is 42.9 Å². The summed E-state index contributed by atoms with van der Waals surface area (Å²) in [6.45, 7) is 8.82. The minimum atomic E-state index is -1.05. The minimum Gasteiger partial charge on any atom is -0.490 e. The molecule has 104 heavy (non-hydrogen) atoms. The molecular weight excluding hydrogens is 1300 g/mol. The van der Waals surface area contributed by atoms with Crippen molar-refractivity contribution in [2.45, 2.75) is 220 Å². The monoisotopic (exact) mass is 1400 g/mol. The first-order valence-electron chi connectivity index (χ1n) is 39.0. The second-order valence-electron chi connectivity index (χ2n) is 28.0. The van der Waals surface area contributed by atoms with E-state index in [1.807, 2.05) is 72.8 Å². The molecule has 2 aliphatic rings. The number of hydrogen-bond acceptors (Lipinski definition) is 9. The smallest absolute Gasteiger partial charge is 0.335 e. The minimum absolute atomic E-state index is 0.133. The van der Waals surface area contributed by atoms with Crippen LogP contribution in [0.1, 0.15) is 273 Å². The molecule has 5 heterocycles. The zero-order valence-electron chi connectivity index (χ0n) is 61.6. The second kappa shape index (κ2) is 41.0. The molecule has 5 aromatic carbocycles. The molecule has 0 fully saturated rings. The Kier molecular flexibility index (Phi) is 30.3. The van der Waals surface area contributed by atoms with Gasteiger partial charge in [-0.1, -0.05) is 243 Å². The van der Waals surface area contributed by atoms with E-state index in [0.717, 1.165) is 71.9 Å². The number of aromatic nitrogens is 4. The second-order valence-corrected chi connectivity index (χ2v) is 28.0. The molecule has 0 saturated carbocycles. The van der Waals surface area contributed by atoms with E-state index in [4.69, 9.17) is 28.9 Å². The number of aromatic carboxylic acids is 3. The maximum absolute atomic E-state index is 12.2. The number of fused-ring (bicyclic) bond motifs is 8. The molecule has 14 nitrogen and oxygen atoms in total. The summed E-state index contributed by atoms with van der Waals surface area (Å²) in [6, 6.07) is 40.3. The fourth-order valence-corrected chi connectivity index (χ4v) is 14.0. The highest BCUT2D eigenvalue weighted by Crippen LogP contribution is 2.42. The van der Waals surface area contributed by atoms with Crippen LogP contribution < -0.4 is 18.9 Å². The van der Waals surface area contributed by atoms with Crippen LogP contribution >= 0.6 is 0 Å². The van der Waals surface area contributed by atoms with E-state index >= 15 is 0 Å². The number of carboxylic acids is 3. The molecule has 0 radical (unpaired) electrons. The number of aromatic amines is 2. The van der Waals surface area contributed by atoms with Gasteiger partial charge < -0.3 is 44.2 Å². The van der Waals surface area contributed by atoms with Gasteiger partial charge in [0.2, 0.25) is 5.75 Å². The normalized spacial score (nSPS) is 11.7. The molecule has 548 valence electrons. The fraction of sp³-hybridized carbons (Fsp3) is 0.411. The number of hydrogen-bond donors (Lipinski definition) is 5. The Hall–Kier alpha value is -9.69. The lowest BCUT2D eigenvalue weighted by molar-refractivity contribution is 0.0686. The van der Waals surface area contributed by atoms with Crippen molar-refractivity contribution in [1.82, 2.24) is 19.9 Å². The Bertz CT molecular complexity index is 4200. The molecule has 2 aliphatic heterocycles. The van der Waals surface area contributed by atoms with Crippen LogP contribution in [0.2, 0.25) is 0 Å². The highest BCUT2D eigenvalue weighted by molar-refractivity contribution is 6.01. The molecule has 0 amide bonds. The van der Waals surface area contributed by atoms with E-state index in [1.165, 1.54) is 154 Å². The van der Waals surface area contributed by atoms with Crippen molar-refractivity contribution >= 4 is 64.3 Å². The van der Waals surface area contributed by atoms with Crippen LogP contribution in [0.4, 0.5) is 0 Å². The van der Waals surface area contributed by atoms with Gasteiger partial charge in [0.1, 0.15) is 12.4 Å². The number of rotatable bonds is 46. The molecule has 8 bridgehead atoms. The highest BCUT2D eigenvalue weighted by atomic mass is 16.5. The maximum Gasteiger partial charge on any atom is 0.335 e. The van der Waals surface area contributed by atoms with E-state index in [1.54, 1.807) is 72.8 Å². The van der Waals surface area contributed by atoms with E-state index in [0.29, 0.717) is 104 Å². The largest absolute Gasteiger partial charge is 0.490 e. The third-order valence-electron chi connectivity index (χ3n) is 19.9. The van der Waals surface area contributed by atoms with Crippen molar-refractivity contribution in [2.24, 2.45) is 0 Å². The molecule has 0 unspecified atom stereocenters. The Labute approximate surface area is 615 Å². The molecule has 8 aromatic rings. The summed E-state index contributed by atoms with van der Waals surface area (Å²) >= 11 is 0. The van der Waals surface area contributed by atoms with Gasteiger partial charge in [-0.25, -0.2) is 24.4 Å². The van der Waals surface area contributed by atoms with Gasteiger partial charge in [0.15, 0.2) is 11.5 Å². The summed E-state index contributed by atoms with van der Waals surface area (Å²) < 4.78 is 27.1. The van der Waals surface area contributed by atoms with E-state index < -0.39 is 17.9 Å². The predicted molar refractivity (Wildman–Crippen MR) is 424 cm³/mol. The summed E-state index contributed by atoms with van der Waals surface area (Å²) in [5.41, 5.74) is 12.5. The average Bonchev–Trinajstić information content (AvgIpc) is 1.60. The van der Waals surface area contributed by atoms with Crippen molar-refractivity contribution in [1.29, 1.82) is 0 Å². The number of H-pyrrole nitrogens is 2. The standard InChI is InChI=1S/C90H108N4O10/c1-4-7-10-13-16-19-22-25-28-31-58-101-81-61-64(62-82(102-59-32-29-26-23-20-17-14-11-8-5-2)87(81)103-60-33-30-27-24-21-18-15-12-9-6-3)63-104-72-48-46-68(47-49-72)86-79-56-54-77(93-79)84(66-36-42-70(43-37-66)89(97)98)75-52-50-73(91-75)83(65-34-40-69(41-35-65)88(95)96)74-51-53-76(92-74)85(78-55-57-80(86)94-78)67-38-44-71(45-39-67)90(99)100/h34-57,61-62,91,94H,4-33,58-60,63H2,1-3H3,(H,95,96)(H,97,98)(H,99,100). The van der Waals surface area contributed by atoms with E-state index in [9.17, 15) is 29.7 Å². The molecule has 0 saturated heterocycles. The number of carbonyl (C=O) groups is 3.